The van der Waals surface area contributed by atoms with Crippen LogP contribution in [0.5, 0.6) is 0 Å². The van der Waals surface area contributed by atoms with Gasteiger partial charge < -0.3 is 0 Å². The second kappa shape index (κ2) is 3.03. The fraction of sp³-hybridized carbons (Fsp3) is 0.400. The highest BCUT2D eigenvalue weighted by Gasteiger charge is 1.85. The Bertz CT molecular complexity index is 126. The zero-order chi connectivity index (χ0) is 5.86. The van der Waals surface area contributed by atoms with E-state index < -0.39 is 0 Å². The SMILES string of the molecule is CC(C)=C(I)C#N. The molecule has 0 aliphatic carbocycles. The summed E-state index contributed by atoms with van der Waals surface area (Å²) in [5.41, 5.74) is 1.09. The molecule has 0 rings (SSSR count). The van der Waals surface area contributed by atoms with Crippen molar-refractivity contribution in [1.82, 2.24) is 0 Å². The summed E-state index contributed by atoms with van der Waals surface area (Å²) in [5, 5.41) is 8.19. The van der Waals surface area contributed by atoms with Crippen LogP contribution in [0, 0.1) is 11.3 Å². The average Bonchev–Trinajstić information content (AvgIpc) is 1.65. The lowest BCUT2D eigenvalue weighted by Crippen LogP contribution is -1.65. The highest BCUT2D eigenvalue weighted by Crippen LogP contribution is 2.08. The van der Waals surface area contributed by atoms with Crippen molar-refractivity contribution >= 4 is 22.6 Å². The molecule has 0 aliphatic rings. The molecule has 0 atom stereocenters. The summed E-state index contributed by atoms with van der Waals surface area (Å²) >= 11 is 2.01. The summed E-state index contributed by atoms with van der Waals surface area (Å²) in [6, 6.07) is 2.03. The van der Waals surface area contributed by atoms with Crippen LogP contribution in [-0.2, 0) is 0 Å². The minimum Gasteiger partial charge on any atom is -0.192 e. The molecule has 0 saturated heterocycles. The summed E-state index contributed by atoms with van der Waals surface area (Å²) in [4.78, 5) is 0. The summed E-state index contributed by atoms with van der Waals surface area (Å²) in [6.07, 6.45) is 0. The van der Waals surface area contributed by atoms with Gasteiger partial charge in [0.2, 0.25) is 0 Å². The van der Waals surface area contributed by atoms with Gasteiger partial charge in [-0.2, -0.15) is 5.26 Å². The fourth-order valence-corrected chi connectivity index (χ4v) is 0.112. The van der Waals surface area contributed by atoms with Gasteiger partial charge in [0.1, 0.15) is 6.07 Å². The van der Waals surface area contributed by atoms with Gasteiger partial charge in [0.25, 0.3) is 0 Å². The van der Waals surface area contributed by atoms with Gasteiger partial charge in [-0.15, -0.1) is 0 Å². The molecule has 38 valence electrons. The Morgan fingerprint density at radius 1 is 1.57 bits per heavy atom. The minimum absolute atomic E-state index is 0.789. The minimum atomic E-state index is 0.789. The molecule has 0 heterocycles. The predicted octanol–water partition coefficient (Wildman–Crippen LogP) is 2.24. The molecular formula is C5H6IN. The van der Waals surface area contributed by atoms with Crippen molar-refractivity contribution in [3.05, 3.63) is 9.15 Å². The normalized spacial score (nSPS) is 7.14. The van der Waals surface area contributed by atoms with E-state index in [1.54, 1.807) is 0 Å². The van der Waals surface area contributed by atoms with Gasteiger partial charge in [0.15, 0.2) is 0 Å². The third kappa shape index (κ3) is 2.63. The Kier molecular flexibility index (Phi) is 3.01. The van der Waals surface area contributed by atoms with Crippen molar-refractivity contribution in [1.29, 1.82) is 5.26 Å². The van der Waals surface area contributed by atoms with Crippen LogP contribution in [0.1, 0.15) is 13.8 Å². The Morgan fingerprint density at radius 3 is 2.00 bits per heavy atom. The summed E-state index contributed by atoms with van der Waals surface area (Å²) in [5.74, 6) is 0. The molecule has 0 fully saturated rings. The van der Waals surface area contributed by atoms with Crippen LogP contribution >= 0.6 is 22.6 Å². The second-order valence-electron chi connectivity index (χ2n) is 1.43. The summed E-state index contributed by atoms with van der Waals surface area (Å²) in [6.45, 7) is 3.84. The Morgan fingerprint density at radius 2 is 2.00 bits per heavy atom. The first-order valence-corrected chi connectivity index (χ1v) is 2.99. The molecule has 0 aromatic heterocycles. The van der Waals surface area contributed by atoms with E-state index in [-0.39, 0.29) is 0 Å². The van der Waals surface area contributed by atoms with E-state index in [0.717, 1.165) is 9.15 Å². The quantitative estimate of drug-likeness (QED) is 0.441. The first-order chi connectivity index (χ1) is 3.18. The van der Waals surface area contributed by atoms with E-state index in [2.05, 4.69) is 0 Å². The maximum absolute atomic E-state index is 8.19. The van der Waals surface area contributed by atoms with Crippen LogP contribution < -0.4 is 0 Å². The van der Waals surface area contributed by atoms with Gasteiger partial charge in [-0.1, -0.05) is 5.57 Å². The number of hydrogen-bond donors (Lipinski definition) is 0. The number of rotatable bonds is 0. The molecule has 0 aliphatic heterocycles. The van der Waals surface area contributed by atoms with E-state index >= 15 is 0 Å². The van der Waals surface area contributed by atoms with E-state index in [1.165, 1.54) is 0 Å². The van der Waals surface area contributed by atoms with E-state index in [1.807, 2.05) is 42.5 Å². The van der Waals surface area contributed by atoms with Gasteiger partial charge in [0.05, 0.1) is 3.58 Å². The predicted molar refractivity (Wildman–Crippen MR) is 38.0 cm³/mol. The molecule has 0 spiro atoms. The highest BCUT2D eigenvalue weighted by atomic mass is 127. The first kappa shape index (κ1) is 6.96. The molecule has 7 heavy (non-hydrogen) atoms. The Hall–Kier alpha value is -0.0400. The zero-order valence-electron chi connectivity index (χ0n) is 4.33. The van der Waals surface area contributed by atoms with Crippen molar-refractivity contribution in [3.63, 3.8) is 0 Å². The molecule has 0 amide bonds. The number of halogens is 1. The van der Waals surface area contributed by atoms with Crippen LogP contribution in [0.3, 0.4) is 0 Å². The third-order valence-electron chi connectivity index (χ3n) is 0.537. The lowest BCUT2D eigenvalue weighted by molar-refractivity contribution is 1.38. The van der Waals surface area contributed by atoms with Gasteiger partial charge in [-0.25, -0.2) is 0 Å². The van der Waals surface area contributed by atoms with Crippen molar-refractivity contribution in [3.8, 4) is 6.07 Å². The van der Waals surface area contributed by atoms with Crippen LogP contribution in [-0.4, -0.2) is 0 Å². The van der Waals surface area contributed by atoms with E-state index in [9.17, 15) is 0 Å². The van der Waals surface area contributed by atoms with Crippen molar-refractivity contribution < 1.29 is 0 Å². The molecule has 0 saturated carbocycles. The number of nitriles is 1. The number of nitrogens with zero attached hydrogens (tertiary/aromatic N) is 1. The molecule has 0 unspecified atom stereocenters. The average molecular weight is 207 g/mol. The molecule has 2 heteroatoms. The van der Waals surface area contributed by atoms with Crippen LogP contribution in [0.25, 0.3) is 0 Å². The molecule has 0 N–H and O–H groups in total. The van der Waals surface area contributed by atoms with Crippen molar-refractivity contribution in [2.75, 3.05) is 0 Å². The molecule has 0 bridgehead atoms. The summed E-state index contributed by atoms with van der Waals surface area (Å²) in [7, 11) is 0. The maximum atomic E-state index is 8.19. The largest absolute Gasteiger partial charge is 0.192 e. The standard InChI is InChI=1S/C5H6IN/c1-4(2)5(6)3-7/h1-2H3. The van der Waals surface area contributed by atoms with Crippen LogP contribution in [0.4, 0.5) is 0 Å². The second-order valence-corrected chi connectivity index (χ2v) is 2.50. The summed E-state index contributed by atoms with van der Waals surface area (Å²) < 4.78 is 0.789. The monoisotopic (exact) mass is 207 g/mol. The molecule has 1 nitrogen and oxygen atoms in total. The van der Waals surface area contributed by atoms with Gasteiger partial charge in [-0.05, 0) is 36.4 Å². The van der Waals surface area contributed by atoms with Gasteiger partial charge in [0, 0.05) is 0 Å². The molecule has 0 radical (unpaired) electrons. The zero-order valence-corrected chi connectivity index (χ0v) is 6.48. The van der Waals surface area contributed by atoms with Crippen molar-refractivity contribution in [2.45, 2.75) is 13.8 Å². The van der Waals surface area contributed by atoms with Crippen LogP contribution in [0.2, 0.25) is 0 Å². The van der Waals surface area contributed by atoms with Crippen LogP contribution in [0.15, 0.2) is 9.15 Å². The third-order valence-corrected chi connectivity index (χ3v) is 1.86. The Balaban J connectivity index is 4.07. The smallest absolute Gasteiger partial charge is 0.106 e. The lowest BCUT2D eigenvalue weighted by atomic mass is 10.3. The van der Waals surface area contributed by atoms with Gasteiger partial charge >= 0.3 is 0 Å². The van der Waals surface area contributed by atoms with E-state index in [4.69, 9.17) is 5.26 Å². The molecular weight excluding hydrogens is 201 g/mol. The van der Waals surface area contributed by atoms with E-state index in [0.29, 0.717) is 0 Å². The fourth-order valence-electron chi connectivity index (χ4n) is 0.112. The van der Waals surface area contributed by atoms with Gasteiger partial charge in [-0.3, -0.25) is 0 Å². The molecule has 0 aromatic carbocycles. The number of hydrogen-bond acceptors (Lipinski definition) is 1. The number of allylic oxidation sites excluding steroid dienone is 2. The molecule has 0 aromatic rings. The maximum Gasteiger partial charge on any atom is 0.106 e. The lowest BCUT2D eigenvalue weighted by Gasteiger charge is -1.82. The topological polar surface area (TPSA) is 23.8 Å². The first-order valence-electron chi connectivity index (χ1n) is 1.91. The Labute approximate surface area is 57.2 Å². The highest BCUT2D eigenvalue weighted by molar-refractivity contribution is 14.1. The van der Waals surface area contributed by atoms with Crippen molar-refractivity contribution in [2.24, 2.45) is 0 Å².